The van der Waals surface area contributed by atoms with Crippen LogP contribution >= 0.6 is 0 Å². The second-order valence-electron chi connectivity index (χ2n) is 6.31. The molecule has 0 spiro atoms. The quantitative estimate of drug-likeness (QED) is 0.792. The highest BCUT2D eigenvalue weighted by molar-refractivity contribution is 5.94. The first-order chi connectivity index (χ1) is 13.0. The largest absolute Gasteiger partial charge is 0.361 e. The van der Waals surface area contributed by atoms with Crippen molar-refractivity contribution in [2.24, 2.45) is 0 Å². The molecule has 1 aromatic heterocycles. The van der Waals surface area contributed by atoms with Crippen LogP contribution in [-0.4, -0.2) is 36.7 Å². The number of aryl methyl sites for hydroxylation is 2. The van der Waals surface area contributed by atoms with Gasteiger partial charge in [0.15, 0.2) is 0 Å². The van der Waals surface area contributed by atoms with Crippen molar-refractivity contribution in [1.29, 1.82) is 0 Å². The van der Waals surface area contributed by atoms with Crippen LogP contribution in [0.5, 0.6) is 0 Å². The van der Waals surface area contributed by atoms with E-state index in [1.54, 1.807) is 4.90 Å². The van der Waals surface area contributed by atoms with Crippen LogP contribution < -0.4 is 15.5 Å². The minimum atomic E-state index is -0.0758. The molecule has 0 atom stereocenters. The van der Waals surface area contributed by atoms with Crippen molar-refractivity contribution in [3.05, 3.63) is 46.8 Å². The van der Waals surface area contributed by atoms with Crippen LogP contribution in [0.3, 0.4) is 0 Å². The summed E-state index contributed by atoms with van der Waals surface area (Å²) in [4.78, 5) is 25.3. The highest BCUT2D eigenvalue weighted by Crippen LogP contribution is 2.17. The first-order valence-electron chi connectivity index (χ1n) is 8.87. The number of carbonyl (C=O) groups excluding carboxylic acids is 2. The normalized spacial score (nSPS) is 13.1. The molecule has 1 aliphatic heterocycles. The van der Waals surface area contributed by atoms with E-state index in [0.717, 1.165) is 28.3 Å². The molecule has 0 unspecified atom stereocenters. The van der Waals surface area contributed by atoms with Gasteiger partial charge in [0.1, 0.15) is 5.76 Å². The number of rotatable bonds is 5. The first-order valence-corrected chi connectivity index (χ1v) is 8.87. The van der Waals surface area contributed by atoms with Gasteiger partial charge in [-0.05, 0) is 44.5 Å². The zero-order chi connectivity index (χ0) is 19.2. The van der Waals surface area contributed by atoms with Gasteiger partial charge in [0, 0.05) is 36.3 Å². The number of anilines is 1. The van der Waals surface area contributed by atoms with Crippen LogP contribution in [0.2, 0.25) is 0 Å². The number of hydrogen-bond donors (Lipinski definition) is 2. The fourth-order valence-corrected chi connectivity index (χ4v) is 2.92. The molecule has 1 fully saturated rings. The molecule has 27 heavy (non-hydrogen) atoms. The minimum absolute atomic E-state index is 0.0558. The summed E-state index contributed by atoms with van der Waals surface area (Å²) in [5.41, 5.74) is 3.50. The molecule has 1 aromatic carbocycles. The van der Waals surface area contributed by atoms with Crippen LogP contribution in [-0.2, 0) is 11.2 Å². The average molecular weight is 366 g/mol. The van der Waals surface area contributed by atoms with Crippen molar-refractivity contribution < 1.29 is 14.1 Å². The zero-order valence-corrected chi connectivity index (χ0v) is 15.5. The smallest absolute Gasteiger partial charge is 0.321 e. The Bertz CT molecular complexity index is 871. The molecule has 0 radical (unpaired) electrons. The average Bonchev–Trinajstić information content (AvgIpc) is 3.23. The van der Waals surface area contributed by atoms with Crippen LogP contribution in [0.4, 0.5) is 10.5 Å². The lowest BCUT2D eigenvalue weighted by Crippen LogP contribution is -2.27. The van der Waals surface area contributed by atoms with Gasteiger partial charge in [-0.2, -0.15) is 0 Å². The molecule has 0 aliphatic carbocycles. The number of carbonyl (C=O) groups is 2. The monoisotopic (exact) mass is 366 g/mol. The maximum atomic E-state index is 11.9. The second kappa shape index (κ2) is 8.41. The van der Waals surface area contributed by atoms with Crippen LogP contribution in [0, 0.1) is 25.7 Å². The molecule has 1 saturated heterocycles. The number of urea groups is 1. The highest BCUT2D eigenvalue weighted by Gasteiger charge is 2.20. The summed E-state index contributed by atoms with van der Waals surface area (Å²) in [6, 6.07) is 7.40. The Labute approximate surface area is 158 Å². The summed E-state index contributed by atoms with van der Waals surface area (Å²) in [7, 11) is 0. The van der Waals surface area contributed by atoms with Crippen molar-refractivity contribution in [2.75, 3.05) is 24.5 Å². The van der Waals surface area contributed by atoms with E-state index in [0.29, 0.717) is 25.9 Å². The van der Waals surface area contributed by atoms with Gasteiger partial charge < -0.3 is 15.2 Å². The van der Waals surface area contributed by atoms with Crippen molar-refractivity contribution >= 4 is 17.6 Å². The maximum absolute atomic E-state index is 11.9. The summed E-state index contributed by atoms with van der Waals surface area (Å²) in [5, 5.41) is 9.45. The predicted octanol–water partition coefficient (Wildman–Crippen LogP) is 1.92. The molecule has 0 saturated carbocycles. The van der Waals surface area contributed by atoms with E-state index >= 15 is 0 Å². The first kappa shape index (κ1) is 18.5. The van der Waals surface area contributed by atoms with E-state index < -0.39 is 0 Å². The Hall–Kier alpha value is -3.27. The third kappa shape index (κ3) is 4.67. The number of nitrogens with one attached hydrogen (secondary N) is 2. The van der Waals surface area contributed by atoms with Crippen molar-refractivity contribution in [1.82, 2.24) is 15.8 Å². The Morgan fingerprint density at radius 1 is 1.33 bits per heavy atom. The number of amides is 3. The molecule has 2 heterocycles. The molecular formula is C20H22N4O3. The molecule has 7 nitrogen and oxygen atoms in total. The van der Waals surface area contributed by atoms with Crippen molar-refractivity contribution in [2.45, 2.75) is 26.7 Å². The van der Waals surface area contributed by atoms with Gasteiger partial charge in [0.05, 0.1) is 12.2 Å². The Morgan fingerprint density at radius 3 is 2.74 bits per heavy atom. The van der Waals surface area contributed by atoms with Gasteiger partial charge in [-0.25, -0.2) is 4.79 Å². The lowest BCUT2D eigenvalue weighted by atomic mass is 10.1. The Balaban J connectivity index is 1.44. The van der Waals surface area contributed by atoms with E-state index in [9.17, 15) is 9.59 Å². The van der Waals surface area contributed by atoms with Gasteiger partial charge in [0.25, 0.3) is 0 Å². The van der Waals surface area contributed by atoms with Crippen LogP contribution in [0.15, 0.2) is 28.8 Å². The standard InChI is InChI=1S/C20H22N4O3/c1-14-18(15(2)27-23-14)9-10-19(25)21-11-3-4-16-5-7-17(8-6-16)24-13-12-22-20(24)26/h5-8H,9-13H2,1-2H3,(H,21,25)(H,22,26). The van der Waals surface area contributed by atoms with E-state index in [2.05, 4.69) is 27.6 Å². The Kier molecular flexibility index (Phi) is 5.77. The van der Waals surface area contributed by atoms with Crippen molar-refractivity contribution in [3.63, 3.8) is 0 Å². The third-order valence-electron chi connectivity index (χ3n) is 4.43. The topological polar surface area (TPSA) is 87.5 Å². The maximum Gasteiger partial charge on any atom is 0.321 e. The molecule has 140 valence electrons. The fourth-order valence-electron chi connectivity index (χ4n) is 2.92. The van der Waals surface area contributed by atoms with Gasteiger partial charge in [0.2, 0.25) is 5.91 Å². The zero-order valence-electron chi connectivity index (χ0n) is 15.5. The summed E-state index contributed by atoms with van der Waals surface area (Å²) in [5.74, 6) is 6.65. The summed E-state index contributed by atoms with van der Waals surface area (Å²) in [6.07, 6.45) is 0.975. The highest BCUT2D eigenvalue weighted by atomic mass is 16.5. The van der Waals surface area contributed by atoms with Crippen LogP contribution in [0.1, 0.15) is 29.0 Å². The second-order valence-corrected chi connectivity index (χ2v) is 6.31. The number of nitrogens with zero attached hydrogens (tertiary/aromatic N) is 2. The van der Waals surface area contributed by atoms with Crippen molar-refractivity contribution in [3.8, 4) is 11.8 Å². The number of aromatic nitrogens is 1. The Morgan fingerprint density at radius 2 is 2.11 bits per heavy atom. The predicted molar refractivity (Wildman–Crippen MR) is 101 cm³/mol. The van der Waals surface area contributed by atoms with Gasteiger partial charge in [-0.3, -0.25) is 9.69 Å². The molecular weight excluding hydrogens is 344 g/mol. The van der Waals surface area contributed by atoms with E-state index in [1.807, 2.05) is 38.1 Å². The lowest BCUT2D eigenvalue weighted by Gasteiger charge is -2.13. The summed E-state index contributed by atoms with van der Waals surface area (Å²) < 4.78 is 5.09. The minimum Gasteiger partial charge on any atom is -0.361 e. The molecule has 2 aromatic rings. The summed E-state index contributed by atoms with van der Waals surface area (Å²) in [6.45, 7) is 5.34. The van der Waals surface area contributed by atoms with E-state index in [4.69, 9.17) is 4.52 Å². The molecule has 2 N–H and O–H groups in total. The molecule has 3 rings (SSSR count). The van der Waals surface area contributed by atoms with E-state index in [-0.39, 0.29) is 18.5 Å². The fraction of sp³-hybridized carbons (Fsp3) is 0.350. The third-order valence-corrected chi connectivity index (χ3v) is 4.43. The van der Waals surface area contributed by atoms with Crippen LogP contribution in [0.25, 0.3) is 0 Å². The molecule has 1 aliphatic rings. The molecule has 0 bridgehead atoms. The molecule has 3 amide bonds. The molecule has 7 heteroatoms. The summed E-state index contributed by atoms with van der Waals surface area (Å²) >= 11 is 0. The van der Waals surface area contributed by atoms with Gasteiger partial charge in [-0.1, -0.05) is 17.0 Å². The number of benzene rings is 1. The SMILES string of the molecule is Cc1noc(C)c1CCC(=O)NCC#Cc1ccc(N2CCNC2=O)cc1. The van der Waals surface area contributed by atoms with E-state index in [1.165, 1.54) is 0 Å². The van der Waals surface area contributed by atoms with Gasteiger partial charge >= 0.3 is 6.03 Å². The lowest BCUT2D eigenvalue weighted by molar-refractivity contribution is -0.120. The number of hydrogen-bond acceptors (Lipinski definition) is 4. The van der Waals surface area contributed by atoms with Gasteiger partial charge in [-0.15, -0.1) is 0 Å².